The molecule has 0 radical (unpaired) electrons. The zero-order valence-corrected chi connectivity index (χ0v) is 13.2. The van der Waals surface area contributed by atoms with Crippen molar-refractivity contribution in [2.45, 2.75) is 58.5 Å². The number of piperidine rings is 1. The molecule has 3 N–H and O–H groups in total. The summed E-state index contributed by atoms with van der Waals surface area (Å²) in [6.45, 7) is 9.46. The summed E-state index contributed by atoms with van der Waals surface area (Å²) in [5.74, 6) is 0.324. The maximum atomic E-state index is 12.0. The summed E-state index contributed by atoms with van der Waals surface area (Å²) >= 11 is 0. The van der Waals surface area contributed by atoms with Gasteiger partial charge in [0.15, 0.2) is 0 Å². The summed E-state index contributed by atoms with van der Waals surface area (Å²) in [5, 5.41) is 15.0. The molecule has 1 rings (SSSR count). The van der Waals surface area contributed by atoms with Gasteiger partial charge in [-0.2, -0.15) is 0 Å². The summed E-state index contributed by atoms with van der Waals surface area (Å²) in [5.41, 5.74) is 0. The van der Waals surface area contributed by atoms with E-state index in [-0.39, 0.29) is 24.7 Å². The third-order valence-corrected chi connectivity index (χ3v) is 3.92. The number of nitrogens with one attached hydrogen (secondary N) is 2. The average Bonchev–Trinajstić information content (AvgIpc) is 2.38. The minimum absolute atomic E-state index is 0.0298. The van der Waals surface area contributed by atoms with Gasteiger partial charge in [0.2, 0.25) is 0 Å². The first-order chi connectivity index (χ1) is 9.52. The number of hydrogen-bond donors (Lipinski definition) is 3. The second-order valence-electron chi connectivity index (χ2n) is 6.24. The molecule has 1 heterocycles. The van der Waals surface area contributed by atoms with Gasteiger partial charge in [-0.05, 0) is 45.2 Å². The molecule has 1 aliphatic rings. The maximum absolute atomic E-state index is 12.0. The van der Waals surface area contributed by atoms with E-state index in [4.69, 9.17) is 5.11 Å². The lowest BCUT2D eigenvalue weighted by Crippen LogP contribution is -2.50. The Morgan fingerprint density at radius 3 is 2.35 bits per heavy atom. The topological polar surface area (TPSA) is 64.6 Å². The van der Waals surface area contributed by atoms with E-state index >= 15 is 0 Å². The summed E-state index contributed by atoms with van der Waals surface area (Å²) < 4.78 is 0. The predicted octanol–water partition coefficient (Wildman–Crippen LogP) is 1.57. The van der Waals surface area contributed by atoms with Crippen LogP contribution < -0.4 is 10.6 Å². The van der Waals surface area contributed by atoms with Gasteiger partial charge in [0.25, 0.3) is 0 Å². The molecule has 0 spiro atoms. The highest BCUT2D eigenvalue weighted by molar-refractivity contribution is 5.74. The van der Waals surface area contributed by atoms with Crippen LogP contribution in [0.2, 0.25) is 0 Å². The third kappa shape index (κ3) is 6.57. The number of carbonyl (C=O) groups excluding carboxylic acids is 1. The molecule has 0 aromatic rings. The van der Waals surface area contributed by atoms with Crippen LogP contribution in [0.4, 0.5) is 4.79 Å². The van der Waals surface area contributed by atoms with E-state index in [0.29, 0.717) is 12.3 Å². The van der Waals surface area contributed by atoms with Gasteiger partial charge in [0.1, 0.15) is 0 Å². The number of rotatable bonds is 7. The van der Waals surface area contributed by atoms with Crippen LogP contribution in [0.3, 0.4) is 0 Å². The number of aliphatic hydroxyl groups excluding tert-OH is 1. The van der Waals surface area contributed by atoms with Crippen LogP contribution in [0.5, 0.6) is 0 Å². The molecule has 118 valence electrons. The number of hydrogen-bond acceptors (Lipinski definition) is 3. The van der Waals surface area contributed by atoms with Gasteiger partial charge in [-0.15, -0.1) is 0 Å². The minimum atomic E-state index is -0.123. The van der Waals surface area contributed by atoms with Gasteiger partial charge in [-0.1, -0.05) is 20.3 Å². The second-order valence-corrected chi connectivity index (χ2v) is 6.24. The number of aliphatic hydroxyl groups is 1. The maximum Gasteiger partial charge on any atom is 0.315 e. The molecule has 0 aromatic carbocycles. The van der Waals surface area contributed by atoms with Crippen LogP contribution in [-0.4, -0.2) is 54.4 Å². The Bertz CT molecular complexity index is 278. The van der Waals surface area contributed by atoms with Crippen LogP contribution in [0, 0.1) is 5.92 Å². The van der Waals surface area contributed by atoms with E-state index in [2.05, 4.69) is 29.4 Å². The van der Waals surface area contributed by atoms with Crippen molar-refractivity contribution in [2.24, 2.45) is 5.92 Å². The fourth-order valence-corrected chi connectivity index (χ4v) is 2.72. The van der Waals surface area contributed by atoms with E-state index in [1.807, 2.05) is 6.92 Å². The van der Waals surface area contributed by atoms with Crippen molar-refractivity contribution in [1.82, 2.24) is 15.5 Å². The molecule has 0 bridgehead atoms. The lowest BCUT2D eigenvalue weighted by atomic mass is 10.0. The van der Waals surface area contributed by atoms with Crippen LogP contribution in [-0.2, 0) is 0 Å². The minimum Gasteiger partial charge on any atom is -0.396 e. The smallest absolute Gasteiger partial charge is 0.315 e. The van der Waals surface area contributed by atoms with E-state index in [9.17, 15) is 4.79 Å². The first kappa shape index (κ1) is 17.2. The normalized spacial score (nSPS) is 19.6. The fourth-order valence-electron chi connectivity index (χ4n) is 2.72. The Kier molecular flexibility index (Phi) is 7.92. The van der Waals surface area contributed by atoms with Crippen molar-refractivity contribution < 1.29 is 9.90 Å². The van der Waals surface area contributed by atoms with Gasteiger partial charge < -0.3 is 20.6 Å². The number of amides is 2. The molecule has 0 aromatic heterocycles. The van der Waals surface area contributed by atoms with Gasteiger partial charge >= 0.3 is 6.03 Å². The van der Waals surface area contributed by atoms with Crippen molar-refractivity contribution in [1.29, 1.82) is 0 Å². The molecular formula is C15H31N3O2. The Hall–Kier alpha value is -0.810. The molecule has 5 heteroatoms. The van der Waals surface area contributed by atoms with E-state index in [1.165, 1.54) is 19.3 Å². The first-order valence-electron chi connectivity index (χ1n) is 7.93. The number of likely N-dealkylation sites (tertiary alicyclic amines) is 1. The Morgan fingerprint density at radius 1 is 1.15 bits per heavy atom. The summed E-state index contributed by atoms with van der Waals surface area (Å²) in [6, 6.07) is 0.0545. The molecule has 1 saturated heterocycles. The van der Waals surface area contributed by atoms with Gasteiger partial charge in [0.05, 0.1) is 0 Å². The molecule has 5 nitrogen and oxygen atoms in total. The quantitative estimate of drug-likeness (QED) is 0.665. The van der Waals surface area contributed by atoms with Crippen molar-refractivity contribution in [3.63, 3.8) is 0 Å². The fraction of sp³-hybridized carbons (Fsp3) is 0.933. The van der Waals surface area contributed by atoms with Crippen LogP contribution in [0.15, 0.2) is 0 Å². The number of urea groups is 1. The molecule has 1 fully saturated rings. The first-order valence-corrected chi connectivity index (χ1v) is 7.93. The predicted molar refractivity (Wildman–Crippen MR) is 81.7 cm³/mol. The molecule has 2 atom stereocenters. The van der Waals surface area contributed by atoms with Crippen LogP contribution in [0.25, 0.3) is 0 Å². The standard InChI is InChI=1S/C15H31N3O2/c1-12(2)14(7-10-19)17-15(20)16-13(3)11-18-8-5-4-6-9-18/h12-14,19H,4-11H2,1-3H3,(H2,16,17,20). The van der Waals surface area contributed by atoms with Crippen molar-refractivity contribution >= 4 is 6.03 Å². The SMILES string of the molecule is CC(CN1CCCCC1)NC(=O)NC(CCO)C(C)C. The van der Waals surface area contributed by atoms with Gasteiger partial charge in [0, 0.05) is 25.2 Å². The highest BCUT2D eigenvalue weighted by Gasteiger charge is 2.18. The second kappa shape index (κ2) is 9.19. The van der Waals surface area contributed by atoms with Crippen molar-refractivity contribution in [2.75, 3.05) is 26.2 Å². The van der Waals surface area contributed by atoms with Crippen molar-refractivity contribution in [3.8, 4) is 0 Å². The molecular weight excluding hydrogens is 254 g/mol. The zero-order valence-electron chi connectivity index (χ0n) is 13.2. The summed E-state index contributed by atoms with van der Waals surface area (Å²) in [4.78, 5) is 14.4. The Morgan fingerprint density at radius 2 is 1.80 bits per heavy atom. The Balaban J connectivity index is 2.28. The highest BCUT2D eigenvalue weighted by Crippen LogP contribution is 2.09. The Labute approximate surface area is 123 Å². The monoisotopic (exact) mass is 285 g/mol. The van der Waals surface area contributed by atoms with E-state index < -0.39 is 0 Å². The lowest BCUT2D eigenvalue weighted by Gasteiger charge is -2.30. The molecule has 0 aliphatic carbocycles. The van der Waals surface area contributed by atoms with Gasteiger partial charge in [-0.25, -0.2) is 4.79 Å². The van der Waals surface area contributed by atoms with Crippen LogP contribution >= 0.6 is 0 Å². The third-order valence-electron chi connectivity index (χ3n) is 3.92. The van der Waals surface area contributed by atoms with E-state index in [0.717, 1.165) is 19.6 Å². The zero-order chi connectivity index (χ0) is 15.0. The number of carbonyl (C=O) groups is 1. The highest BCUT2D eigenvalue weighted by atomic mass is 16.3. The molecule has 0 saturated carbocycles. The lowest BCUT2D eigenvalue weighted by molar-refractivity contribution is 0.197. The number of nitrogens with zero attached hydrogens (tertiary/aromatic N) is 1. The average molecular weight is 285 g/mol. The van der Waals surface area contributed by atoms with E-state index in [1.54, 1.807) is 0 Å². The van der Waals surface area contributed by atoms with Crippen LogP contribution in [0.1, 0.15) is 46.5 Å². The molecule has 2 unspecified atom stereocenters. The van der Waals surface area contributed by atoms with Gasteiger partial charge in [-0.3, -0.25) is 0 Å². The molecule has 20 heavy (non-hydrogen) atoms. The van der Waals surface area contributed by atoms with Crippen molar-refractivity contribution in [3.05, 3.63) is 0 Å². The summed E-state index contributed by atoms with van der Waals surface area (Å²) in [6.07, 6.45) is 4.47. The molecule has 2 amide bonds. The molecule has 1 aliphatic heterocycles. The largest absolute Gasteiger partial charge is 0.396 e. The summed E-state index contributed by atoms with van der Waals surface area (Å²) in [7, 11) is 0.